The number of carbonyl (C=O) groups excluding carboxylic acids is 1. The van der Waals surface area contributed by atoms with Crippen molar-refractivity contribution in [2.75, 3.05) is 11.6 Å². The van der Waals surface area contributed by atoms with E-state index in [-0.39, 0.29) is 18.4 Å². The molecule has 0 fully saturated rings. The van der Waals surface area contributed by atoms with E-state index in [4.69, 9.17) is 9.97 Å². The van der Waals surface area contributed by atoms with Crippen LogP contribution in [-0.4, -0.2) is 55.7 Å². The van der Waals surface area contributed by atoms with Crippen LogP contribution in [-0.2, 0) is 21.4 Å². The molecule has 0 unspecified atom stereocenters. The van der Waals surface area contributed by atoms with Crippen LogP contribution in [0.1, 0.15) is 19.4 Å². The molecule has 14 heteroatoms. The standard InChI is InChI=1S/C29H26FN9O3S/c1-15(2)29(40)34-20-9-18(11-31-12-20)22-4-5-23-26(35-22)27(39-38-23)28-36-24-14-32-13-21(25(24)37-28)17-6-16(7-19(30)8-17)10-33-43(3,41)42/h4-9,11-15,33H,10H2,1-3H3,(H,34,40)(H,36,37)(H,38,39). The van der Waals surface area contributed by atoms with Crippen LogP contribution in [0.2, 0.25) is 0 Å². The predicted octanol–water partition coefficient (Wildman–Crippen LogP) is 4.41. The highest BCUT2D eigenvalue weighted by atomic mass is 32.2. The van der Waals surface area contributed by atoms with Gasteiger partial charge in [0.25, 0.3) is 0 Å². The quantitative estimate of drug-likeness (QED) is 0.199. The number of rotatable bonds is 8. The molecule has 0 atom stereocenters. The first kappa shape index (κ1) is 28.1. The highest BCUT2D eigenvalue weighted by Crippen LogP contribution is 2.32. The fraction of sp³-hybridized carbons (Fsp3) is 0.172. The largest absolute Gasteiger partial charge is 0.335 e. The van der Waals surface area contributed by atoms with Crippen LogP contribution in [0.5, 0.6) is 0 Å². The molecule has 1 aromatic carbocycles. The summed E-state index contributed by atoms with van der Waals surface area (Å²) in [4.78, 5) is 33.6. The number of sulfonamides is 1. The monoisotopic (exact) mass is 599 g/mol. The van der Waals surface area contributed by atoms with Gasteiger partial charge in [0.05, 0.1) is 46.6 Å². The number of pyridine rings is 3. The number of benzene rings is 1. The van der Waals surface area contributed by atoms with Crippen molar-refractivity contribution < 1.29 is 17.6 Å². The van der Waals surface area contributed by atoms with Crippen LogP contribution in [0.25, 0.3) is 56.0 Å². The summed E-state index contributed by atoms with van der Waals surface area (Å²) in [6.07, 6.45) is 7.47. The number of anilines is 1. The van der Waals surface area contributed by atoms with Crippen LogP contribution in [0.4, 0.5) is 10.1 Å². The lowest BCUT2D eigenvalue weighted by molar-refractivity contribution is -0.118. The number of H-pyrrole nitrogens is 2. The van der Waals surface area contributed by atoms with E-state index < -0.39 is 15.8 Å². The molecule has 5 heterocycles. The van der Waals surface area contributed by atoms with E-state index in [1.165, 1.54) is 12.1 Å². The zero-order valence-electron chi connectivity index (χ0n) is 23.3. The Labute approximate surface area is 245 Å². The molecule has 0 aliphatic carbocycles. The van der Waals surface area contributed by atoms with Gasteiger partial charge in [-0.2, -0.15) is 5.10 Å². The minimum Gasteiger partial charge on any atom is -0.335 e. The molecule has 0 radical (unpaired) electrons. The lowest BCUT2D eigenvalue weighted by Crippen LogP contribution is -2.21. The first-order chi connectivity index (χ1) is 20.5. The van der Waals surface area contributed by atoms with E-state index in [0.29, 0.717) is 67.2 Å². The van der Waals surface area contributed by atoms with Gasteiger partial charge in [-0.25, -0.2) is 27.5 Å². The maximum Gasteiger partial charge on any atom is 0.226 e. The molecule has 0 aliphatic heterocycles. The molecule has 43 heavy (non-hydrogen) atoms. The molecule has 12 nitrogen and oxygen atoms in total. The number of halogens is 1. The lowest BCUT2D eigenvalue weighted by Gasteiger charge is -2.08. The van der Waals surface area contributed by atoms with Crippen LogP contribution in [0, 0.1) is 11.7 Å². The number of aromatic nitrogens is 7. The van der Waals surface area contributed by atoms with E-state index in [1.54, 1.807) is 36.9 Å². The molecule has 4 N–H and O–H groups in total. The second-order valence-electron chi connectivity index (χ2n) is 10.4. The molecular formula is C29H26FN9O3S. The van der Waals surface area contributed by atoms with Gasteiger partial charge in [0.1, 0.15) is 11.3 Å². The van der Waals surface area contributed by atoms with Crippen molar-refractivity contribution >= 4 is 43.7 Å². The molecule has 5 aromatic heterocycles. The van der Waals surface area contributed by atoms with Gasteiger partial charge in [0.15, 0.2) is 11.5 Å². The number of fused-ring (bicyclic) bond motifs is 2. The van der Waals surface area contributed by atoms with Crippen LogP contribution < -0.4 is 10.0 Å². The maximum absolute atomic E-state index is 14.6. The third-order valence-electron chi connectivity index (χ3n) is 6.66. The van der Waals surface area contributed by atoms with Crippen molar-refractivity contribution in [3.63, 3.8) is 0 Å². The molecular weight excluding hydrogens is 573 g/mol. The summed E-state index contributed by atoms with van der Waals surface area (Å²) in [5.41, 5.74) is 6.22. The predicted molar refractivity (Wildman–Crippen MR) is 161 cm³/mol. The van der Waals surface area contributed by atoms with E-state index in [9.17, 15) is 17.6 Å². The number of hydrogen-bond donors (Lipinski definition) is 4. The van der Waals surface area contributed by atoms with E-state index in [1.807, 2.05) is 26.0 Å². The SMILES string of the molecule is CC(C)C(=O)Nc1cncc(-c2ccc3[nH]nc(-c4nc5c(-c6cc(F)cc(CNS(C)(=O)=O)c6)cncc5[nH]4)c3n2)c1. The molecule has 6 aromatic rings. The van der Waals surface area contributed by atoms with Gasteiger partial charge in [0.2, 0.25) is 15.9 Å². The molecule has 1 amide bonds. The zero-order valence-corrected chi connectivity index (χ0v) is 24.1. The van der Waals surface area contributed by atoms with E-state index in [0.717, 1.165) is 6.26 Å². The third-order valence-corrected chi connectivity index (χ3v) is 7.33. The van der Waals surface area contributed by atoms with Gasteiger partial charge in [-0.15, -0.1) is 0 Å². The van der Waals surface area contributed by atoms with Gasteiger partial charge in [-0.3, -0.25) is 19.9 Å². The summed E-state index contributed by atoms with van der Waals surface area (Å²) in [7, 11) is -3.46. The summed E-state index contributed by atoms with van der Waals surface area (Å²) in [5.74, 6) is -0.385. The molecule has 0 aliphatic rings. The molecule has 0 spiro atoms. The third kappa shape index (κ3) is 5.96. The Kier molecular flexibility index (Phi) is 7.15. The summed E-state index contributed by atoms with van der Waals surface area (Å²) < 4.78 is 40.0. The van der Waals surface area contributed by atoms with Crippen LogP contribution in [0.15, 0.2) is 61.2 Å². The fourth-order valence-corrected chi connectivity index (χ4v) is 4.97. The topological polar surface area (TPSA) is 171 Å². The maximum atomic E-state index is 14.6. The number of imidazole rings is 1. The van der Waals surface area contributed by atoms with Gasteiger partial charge in [-0.05, 0) is 47.5 Å². The lowest BCUT2D eigenvalue weighted by atomic mass is 10.0. The number of nitrogens with zero attached hydrogens (tertiary/aromatic N) is 5. The van der Waals surface area contributed by atoms with Crippen molar-refractivity contribution in [1.29, 1.82) is 0 Å². The highest BCUT2D eigenvalue weighted by molar-refractivity contribution is 7.88. The fourth-order valence-electron chi connectivity index (χ4n) is 4.54. The van der Waals surface area contributed by atoms with E-state index in [2.05, 4.69) is 35.2 Å². The Balaban J connectivity index is 1.38. The van der Waals surface area contributed by atoms with Crippen LogP contribution >= 0.6 is 0 Å². The Bertz CT molecular complexity index is 2120. The van der Waals surface area contributed by atoms with Crippen molar-refractivity contribution in [2.24, 2.45) is 5.92 Å². The molecule has 0 saturated heterocycles. The normalized spacial score (nSPS) is 11.9. The van der Waals surface area contributed by atoms with Gasteiger partial charge >= 0.3 is 0 Å². The second kappa shape index (κ2) is 11.0. The Morgan fingerprint density at radius 1 is 0.953 bits per heavy atom. The summed E-state index contributed by atoms with van der Waals surface area (Å²) in [6, 6.07) is 9.79. The number of nitrogens with one attached hydrogen (secondary N) is 4. The molecule has 6 rings (SSSR count). The average Bonchev–Trinajstić information content (AvgIpc) is 3.59. The minimum absolute atomic E-state index is 0.0609. The summed E-state index contributed by atoms with van der Waals surface area (Å²) in [6.45, 7) is 3.57. The smallest absolute Gasteiger partial charge is 0.226 e. The Morgan fingerprint density at radius 3 is 2.56 bits per heavy atom. The number of hydrogen-bond acceptors (Lipinski definition) is 8. The second-order valence-corrected chi connectivity index (χ2v) is 12.2. The van der Waals surface area contributed by atoms with E-state index >= 15 is 0 Å². The molecule has 218 valence electrons. The van der Waals surface area contributed by atoms with Crippen LogP contribution in [0.3, 0.4) is 0 Å². The first-order valence-corrected chi connectivity index (χ1v) is 15.1. The van der Waals surface area contributed by atoms with Gasteiger partial charge in [0, 0.05) is 36.0 Å². The van der Waals surface area contributed by atoms with Crippen molar-refractivity contribution in [3.05, 3.63) is 72.6 Å². The Hall–Kier alpha value is -5.08. The summed E-state index contributed by atoms with van der Waals surface area (Å²) in [5, 5.41) is 10.3. The van der Waals surface area contributed by atoms with Crippen molar-refractivity contribution in [3.8, 4) is 33.9 Å². The minimum atomic E-state index is -3.46. The van der Waals surface area contributed by atoms with Crippen molar-refractivity contribution in [2.45, 2.75) is 20.4 Å². The summed E-state index contributed by atoms with van der Waals surface area (Å²) >= 11 is 0. The number of aromatic amines is 2. The highest BCUT2D eigenvalue weighted by Gasteiger charge is 2.18. The van der Waals surface area contributed by atoms with Gasteiger partial charge in [-0.1, -0.05) is 13.8 Å². The first-order valence-electron chi connectivity index (χ1n) is 13.2. The Morgan fingerprint density at radius 2 is 1.77 bits per heavy atom. The van der Waals surface area contributed by atoms with Gasteiger partial charge < -0.3 is 10.3 Å². The average molecular weight is 600 g/mol. The van der Waals surface area contributed by atoms with Crippen molar-refractivity contribution in [1.82, 2.24) is 39.8 Å². The zero-order chi connectivity index (χ0) is 30.3. The number of carbonyl (C=O) groups is 1. The molecule has 0 saturated carbocycles. The number of amides is 1. The molecule has 0 bridgehead atoms.